The van der Waals surface area contributed by atoms with Crippen LogP contribution in [-0.4, -0.2) is 49.8 Å². The van der Waals surface area contributed by atoms with E-state index in [9.17, 15) is 9.18 Å². The fraction of sp³-hybridized carbons (Fsp3) is 0.632. The Bertz CT molecular complexity index is 584. The number of ether oxygens (including phenoxy) is 1. The van der Waals surface area contributed by atoms with Gasteiger partial charge in [-0.25, -0.2) is 9.18 Å². The minimum absolute atomic E-state index is 0.275. The molecular weight excluding hydrogens is 321 g/mol. The molecule has 0 spiro atoms. The van der Waals surface area contributed by atoms with Gasteiger partial charge in [-0.05, 0) is 62.8 Å². The van der Waals surface area contributed by atoms with Gasteiger partial charge in [0, 0.05) is 31.9 Å². The Morgan fingerprint density at radius 1 is 1.36 bits per heavy atom. The highest BCUT2D eigenvalue weighted by Gasteiger charge is 2.32. The number of nitrogens with zero attached hydrogens (tertiary/aromatic N) is 1. The van der Waals surface area contributed by atoms with Crippen molar-refractivity contribution in [2.24, 2.45) is 5.92 Å². The van der Waals surface area contributed by atoms with Crippen LogP contribution in [0.3, 0.4) is 0 Å². The van der Waals surface area contributed by atoms with E-state index in [1.807, 2.05) is 0 Å². The van der Waals surface area contributed by atoms with Crippen LogP contribution in [0.1, 0.15) is 32.1 Å². The third-order valence-corrected chi connectivity index (χ3v) is 5.39. The molecule has 2 aliphatic rings. The van der Waals surface area contributed by atoms with Crippen LogP contribution in [0.5, 0.6) is 0 Å². The lowest BCUT2D eigenvalue weighted by Gasteiger charge is -2.37. The highest BCUT2D eigenvalue weighted by atomic mass is 19.1. The van der Waals surface area contributed by atoms with Gasteiger partial charge in [0.15, 0.2) is 0 Å². The van der Waals surface area contributed by atoms with Gasteiger partial charge < -0.3 is 15.4 Å². The van der Waals surface area contributed by atoms with Crippen molar-refractivity contribution in [3.8, 4) is 0 Å². The summed E-state index contributed by atoms with van der Waals surface area (Å²) in [5.41, 5.74) is 0.472. The third-order valence-electron chi connectivity index (χ3n) is 5.39. The van der Waals surface area contributed by atoms with Gasteiger partial charge in [-0.2, -0.15) is 0 Å². The van der Waals surface area contributed by atoms with Crippen molar-refractivity contribution < 1.29 is 13.9 Å². The first-order valence-electron chi connectivity index (χ1n) is 9.21. The molecular formula is C19H28FN3O2. The lowest BCUT2D eigenvalue weighted by atomic mass is 9.96. The molecule has 25 heavy (non-hydrogen) atoms. The number of anilines is 1. The van der Waals surface area contributed by atoms with Gasteiger partial charge in [0.25, 0.3) is 0 Å². The first-order chi connectivity index (χ1) is 12.1. The Labute approximate surface area is 148 Å². The largest absolute Gasteiger partial charge is 0.381 e. The van der Waals surface area contributed by atoms with Crippen LogP contribution in [0, 0.1) is 11.7 Å². The van der Waals surface area contributed by atoms with Gasteiger partial charge in [-0.15, -0.1) is 0 Å². The van der Waals surface area contributed by atoms with Crippen LogP contribution >= 0.6 is 0 Å². The number of rotatable bonds is 5. The standard InChI is InChI=1S/C19H28FN3O2/c1-25-18-8-7-17(11-18)23-9-3-4-14(13-23)12-21-19(24)22-16-6-2-5-15(20)10-16/h2,5-6,10,14,17-18H,3-4,7-9,11-13H2,1H3,(H2,21,22,24)/t14-,17+,18-/m1/s1. The number of nitrogens with one attached hydrogen (secondary N) is 2. The fourth-order valence-electron chi connectivity index (χ4n) is 4.04. The summed E-state index contributed by atoms with van der Waals surface area (Å²) in [6, 6.07) is 6.28. The number of piperidine rings is 1. The van der Waals surface area contributed by atoms with Crippen molar-refractivity contribution in [1.82, 2.24) is 10.2 Å². The van der Waals surface area contributed by atoms with Gasteiger partial charge in [0.1, 0.15) is 5.82 Å². The summed E-state index contributed by atoms with van der Waals surface area (Å²) in [4.78, 5) is 14.6. The molecule has 2 amide bonds. The van der Waals surface area contributed by atoms with E-state index < -0.39 is 0 Å². The van der Waals surface area contributed by atoms with Gasteiger partial charge in [0.2, 0.25) is 0 Å². The Morgan fingerprint density at radius 3 is 3.00 bits per heavy atom. The molecule has 138 valence electrons. The number of amides is 2. The predicted molar refractivity (Wildman–Crippen MR) is 96.2 cm³/mol. The van der Waals surface area contributed by atoms with E-state index in [4.69, 9.17) is 4.74 Å². The van der Waals surface area contributed by atoms with E-state index in [2.05, 4.69) is 15.5 Å². The number of halogens is 1. The average Bonchev–Trinajstić information content (AvgIpc) is 3.09. The Morgan fingerprint density at radius 2 is 2.24 bits per heavy atom. The molecule has 3 atom stereocenters. The molecule has 5 nitrogen and oxygen atoms in total. The van der Waals surface area contributed by atoms with Gasteiger partial charge >= 0.3 is 6.03 Å². The summed E-state index contributed by atoms with van der Waals surface area (Å²) in [6.45, 7) is 2.83. The molecule has 1 aliphatic carbocycles. The number of carbonyl (C=O) groups excluding carboxylic acids is 1. The summed E-state index contributed by atoms with van der Waals surface area (Å²) in [6.07, 6.45) is 6.19. The maximum Gasteiger partial charge on any atom is 0.319 e. The smallest absolute Gasteiger partial charge is 0.319 e. The summed E-state index contributed by atoms with van der Waals surface area (Å²) < 4.78 is 18.6. The number of carbonyl (C=O) groups is 1. The summed E-state index contributed by atoms with van der Waals surface area (Å²) in [5, 5.41) is 5.61. The number of methoxy groups -OCH3 is 1. The van der Waals surface area contributed by atoms with Gasteiger partial charge in [-0.3, -0.25) is 4.90 Å². The Kier molecular flexibility index (Phi) is 6.26. The zero-order valence-corrected chi connectivity index (χ0v) is 14.8. The minimum atomic E-state index is -0.355. The highest BCUT2D eigenvalue weighted by molar-refractivity contribution is 5.89. The summed E-state index contributed by atoms with van der Waals surface area (Å²) in [5.74, 6) is 0.111. The average molecular weight is 349 g/mol. The van der Waals surface area contributed by atoms with Gasteiger partial charge in [-0.1, -0.05) is 6.07 Å². The molecule has 6 heteroatoms. The molecule has 1 aromatic carbocycles. The first-order valence-corrected chi connectivity index (χ1v) is 9.21. The second-order valence-corrected chi connectivity index (χ2v) is 7.17. The quantitative estimate of drug-likeness (QED) is 0.858. The van der Waals surface area contributed by atoms with Crippen molar-refractivity contribution in [3.05, 3.63) is 30.1 Å². The number of hydrogen-bond acceptors (Lipinski definition) is 3. The molecule has 2 N–H and O–H groups in total. The molecule has 1 aromatic rings. The highest BCUT2D eigenvalue weighted by Crippen LogP contribution is 2.29. The molecule has 1 aliphatic heterocycles. The van der Waals surface area contributed by atoms with Crippen molar-refractivity contribution in [2.45, 2.75) is 44.2 Å². The van der Waals surface area contributed by atoms with E-state index in [1.54, 1.807) is 19.2 Å². The van der Waals surface area contributed by atoms with Crippen LogP contribution < -0.4 is 10.6 Å². The third kappa shape index (κ3) is 5.16. The van der Waals surface area contributed by atoms with E-state index in [-0.39, 0.29) is 11.8 Å². The van der Waals surface area contributed by atoms with Crippen LogP contribution in [0.2, 0.25) is 0 Å². The van der Waals surface area contributed by atoms with Crippen LogP contribution in [0.15, 0.2) is 24.3 Å². The molecule has 0 unspecified atom stereocenters. The van der Waals surface area contributed by atoms with E-state index >= 15 is 0 Å². The number of urea groups is 1. The fourth-order valence-corrected chi connectivity index (χ4v) is 4.04. The Balaban J connectivity index is 1.42. The second kappa shape index (κ2) is 8.63. The molecule has 1 saturated carbocycles. The first kappa shape index (κ1) is 18.1. The van der Waals surface area contributed by atoms with E-state index in [0.717, 1.165) is 32.4 Å². The van der Waals surface area contributed by atoms with Crippen molar-refractivity contribution in [2.75, 3.05) is 32.1 Å². The zero-order chi connectivity index (χ0) is 17.6. The monoisotopic (exact) mass is 349 g/mol. The maximum atomic E-state index is 13.2. The van der Waals surface area contributed by atoms with Crippen molar-refractivity contribution in [3.63, 3.8) is 0 Å². The Hall–Kier alpha value is -1.66. The minimum Gasteiger partial charge on any atom is -0.381 e. The maximum absolute atomic E-state index is 13.2. The molecule has 2 fully saturated rings. The van der Waals surface area contributed by atoms with Crippen LogP contribution in [0.4, 0.5) is 14.9 Å². The van der Waals surface area contributed by atoms with E-state index in [1.165, 1.54) is 25.0 Å². The summed E-state index contributed by atoms with van der Waals surface area (Å²) >= 11 is 0. The van der Waals surface area contributed by atoms with Crippen LogP contribution in [-0.2, 0) is 4.74 Å². The molecule has 1 saturated heterocycles. The topological polar surface area (TPSA) is 53.6 Å². The number of likely N-dealkylation sites (tertiary alicyclic amines) is 1. The number of benzene rings is 1. The number of hydrogen-bond donors (Lipinski definition) is 2. The molecule has 1 heterocycles. The van der Waals surface area contributed by atoms with Crippen molar-refractivity contribution in [1.29, 1.82) is 0 Å². The van der Waals surface area contributed by atoms with Gasteiger partial charge in [0.05, 0.1) is 6.10 Å². The summed E-state index contributed by atoms with van der Waals surface area (Å²) in [7, 11) is 1.80. The molecule has 0 bridgehead atoms. The lowest BCUT2D eigenvalue weighted by Crippen LogP contribution is -2.45. The normalized spacial score (nSPS) is 27.2. The van der Waals surface area contributed by atoms with Crippen LogP contribution in [0.25, 0.3) is 0 Å². The second-order valence-electron chi connectivity index (χ2n) is 7.17. The zero-order valence-electron chi connectivity index (χ0n) is 14.8. The van der Waals surface area contributed by atoms with Crippen molar-refractivity contribution >= 4 is 11.7 Å². The molecule has 3 rings (SSSR count). The predicted octanol–water partition coefficient (Wildman–Crippen LogP) is 3.23. The molecule has 0 radical (unpaired) electrons. The lowest BCUT2D eigenvalue weighted by molar-refractivity contribution is 0.0840. The SMILES string of the molecule is CO[C@@H]1CC[C@H](N2CCC[C@H](CNC(=O)Nc3cccc(F)c3)C2)C1. The molecule has 0 aromatic heterocycles. The van der Waals surface area contributed by atoms with E-state index in [0.29, 0.717) is 30.3 Å².